The molecule has 6 heteroatoms. The molecule has 0 radical (unpaired) electrons. The second-order valence-corrected chi connectivity index (χ2v) is 10.1. The zero-order chi connectivity index (χ0) is 20.9. The van der Waals surface area contributed by atoms with Crippen LogP contribution in [-0.2, 0) is 6.42 Å². The van der Waals surface area contributed by atoms with Gasteiger partial charge in [0.15, 0.2) is 0 Å². The molecule has 4 N–H and O–H groups in total. The Balaban J connectivity index is 1.25. The van der Waals surface area contributed by atoms with E-state index in [-0.39, 0.29) is 11.5 Å². The molecule has 160 valence electrons. The molecule has 1 atom stereocenters. The summed E-state index contributed by atoms with van der Waals surface area (Å²) in [5, 5.41) is 0. The summed E-state index contributed by atoms with van der Waals surface area (Å²) >= 11 is 0. The Hall–Kier alpha value is -2.18. The van der Waals surface area contributed by atoms with Gasteiger partial charge in [0.1, 0.15) is 5.82 Å². The van der Waals surface area contributed by atoms with Crippen LogP contribution in [0.15, 0.2) is 41.3 Å². The van der Waals surface area contributed by atoms with Crippen LogP contribution in [0, 0.1) is 11.3 Å². The van der Waals surface area contributed by atoms with Crippen molar-refractivity contribution in [1.82, 2.24) is 14.5 Å². The maximum atomic E-state index is 12.1. The maximum Gasteiger partial charge on any atom is 0.354 e. The molecule has 0 bridgehead atoms. The summed E-state index contributed by atoms with van der Waals surface area (Å²) in [5.74, 6) is 1.15. The summed E-state index contributed by atoms with van der Waals surface area (Å²) in [7, 11) is 0. The lowest BCUT2D eigenvalue weighted by molar-refractivity contribution is -0.0774. The molecule has 1 aromatic carbocycles. The number of anilines is 1. The first kappa shape index (κ1) is 19.8. The third kappa shape index (κ3) is 3.91. The van der Waals surface area contributed by atoms with E-state index >= 15 is 0 Å². The number of rotatable bonds is 7. The Morgan fingerprint density at radius 1 is 1.17 bits per heavy atom. The fourth-order valence-electron chi connectivity index (χ4n) is 5.71. The molecule has 2 aromatic rings. The molecule has 3 fully saturated rings. The third-order valence-electron chi connectivity index (χ3n) is 7.50. The Kier molecular flexibility index (Phi) is 4.94. The average molecular weight is 408 g/mol. The molecule has 0 amide bonds. The van der Waals surface area contributed by atoms with Gasteiger partial charge >= 0.3 is 5.69 Å². The van der Waals surface area contributed by atoms with E-state index in [4.69, 9.17) is 11.5 Å². The van der Waals surface area contributed by atoms with E-state index in [0.29, 0.717) is 17.5 Å². The average Bonchev–Trinajstić information content (AvgIpc) is 3.47. The van der Waals surface area contributed by atoms with Crippen molar-refractivity contribution in [2.45, 2.75) is 70.0 Å². The molecule has 1 aromatic heterocycles. The van der Waals surface area contributed by atoms with Crippen LogP contribution in [0.1, 0.15) is 51.0 Å². The minimum Gasteiger partial charge on any atom is -0.383 e. The zero-order valence-electron chi connectivity index (χ0n) is 17.8. The van der Waals surface area contributed by atoms with E-state index in [1.165, 1.54) is 55.2 Å². The monoisotopic (exact) mass is 407 g/mol. The number of nitrogen functional groups attached to an aromatic ring is 1. The van der Waals surface area contributed by atoms with E-state index in [1.54, 1.807) is 12.3 Å². The lowest BCUT2D eigenvalue weighted by atomic mass is 9.52. The van der Waals surface area contributed by atoms with Crippen molar-refractivity contribution in [3.63, 3.8) is 0 Å². The van der Waals surface area contributed by atoms with E-state index in [9.17, 15) is 4.79 Å². The predicted molar refractivity (Wildman–Crippen MR) is 120 cm³/mol. The minimum atomic E-state index is -0.346. The highest BCUT2D eigenvalue weighted by Gasteiger charge is 2.53. The molecule has 30 heavy (non-hydrogen) atoms. The van der Waals surface area contributed by atoms with Crippen LogP contribution < -0.4 is 17.2 Å². The van der Waals surface area contributed by atoms with Crippen LogP contribution in [0.3, 0.4) is 0 Å². The van der Waals surface area contributed by atoms with Crippen molar-refractivity contribution in [2.75, 3.05) is 12.3 Å². The van der Waals surface area contributed by atoms with Crippen LogP contribution in [0.4, 0.5) is 5.82 Å². The highest BCUT2D eigenvalue weighted by molar-refractivity contribution is 5.36. The van der Waals surface area contributed by atoms with Crippen LogP contribution >= 0.6 is 0 Å². The molecule has 1 spiro atoms. The molecule has 3 aliphatic rings. The van der Waals surface area contributed by atoms with Crippen LogP contribution in [0.2, 0.25) is 0 Å². The summed E-state index contributed by atoms with van der Waals surface area (Å²) in [5.41, 5.74) is 14.0. The van der Waals surface area contributed by atoms with E-state index < -0.39 is 0 Å². The largest absolute Gasteiger partial charge is 0.383 e. The number of hydrogen-bond donors (Lipinski definition) is 2. The number of nitrogens with two attached hydrogens (primary N) is 2. The number of benzene rings is 1. The highest BCUT2D eigenvalue weighted by atomic mass is 16.1. The van der Waals surface area contributed by atoms with Crippen molar-refractivity contribution < 1.29 is 0 Å². The topological polar surface area (TPSA) is 90.2 Å². The third-order valence-corrected chi connectivity index (χ3v) is 7.50. The Bertz CT molecular complexity index is 950. The normalized spacial score (nSPS) is 28.9. The number of aromatic nitrogens is 2. The lowest BCUT2D eigenvalue weighted by Crippen LogP contribution is -2.61. The Morgan fingerprint density at radius 2 is 1.87 bits per heavy atom. The van der Waals surface area contributed by atoms with Crippen LogP contribution in [-0.4, -0.2) is 39.1 Å². The van der Waals surface area contributed by atoms with Gasteiger partial charge in [-0.1, -0.05) is 12.1 Å². The summed E-state index contributed by atoms with van der Waals surface area (Å²) < 4.78 is 1.53. The fourth-order valence-corrected chi connectivity index (χ4v) is 5.71. The van der Waals surface area contributed by atoms with E-state index in [1.807, 2.05) is 12.1 Å². The first-order valence-electron chi connectivity index (χ1n) is 11.4. The minimum absolute atomic E-state index is 0.249. The van der Waals surface area contributed by atoms with Gasteiger partial charge in [-0.05, 0) is 87.0 Å². The smallest absolute Gasteiger partial charge is 0.354 e. The summed E-state index contributed by atoms with van der Waals surface area (Å²) in [6.07, 6.45) is 10.6. The van der Waals surface area contributed by atoms with Crippen molar-refractivity contribution in [2.24, 2.45) is 17.1 Å². The molecule has 3 aliphatic carbocycles. The fraction of sp³-hybridized carbons (Fsp3) is 0.583. The number of hydrogen-bond acceptors (Lipinski definition) is 5. The summed E-state index contributed by atoms with van der Waals surface area (Å²) in [6, 6.07) is 11.6. The van der Waals surface area contributed by atoms with Crippen LogP contribution in [0.5, 0.6) is 0 Å². The molecule has 3 saturated carbocycles. The molecule has 1 unspecified atom stereocenters. The predicted octanol–water partition coefficient (Wildman–Crippen LogP) is 2.73. The van der Waals surface area contributed by atoms with Gasteiger partial charge in [0.2, 0.25) is 0 Å². The van der Waals surface area contributed by atoms with Crippen molar-refractivity contribution >= 4 is 5.82 Å². The molecule has 0 aliphatic heterocycles. The van der Waals surface area contributed by atoms with Gasteiger partial charge in [0.05, 0.1) is 5.69 Å². The van der Waals surface area contributed by atoms with E-state index in [2.05, 4.69) is 28.9 Å². The lowest BCUT2D eigenvalue weighted by Gasteiger charge is -2.60. The van der Waals surface area contributed by atoms with Crippen LogP contribution in [0.25, 0.3) is 5.69 Å². The Labute approximate surface area is 178 Å². The molecular formula is C24H33N5O. The first-order chi connectivity index (χ1) is 14.4. The standard InChI is InChI=1S/C24H33N5O/c1-16(29(15-18-2-3-18)21-13-24(14-21)11-19(25)12-24)10-17-4-6-20(7-5-17)28-9-8-22(26)27-23(28)30/h4-9,16,18-19,21H,2-3,10-15,25H2,1H3,(H2,26,27,30). The van der Waals surface area contributed by atoms with Crippen molar-refractivity contribution in [3.05, 3.63) is 52.6 Å². The summed E-state index contributed by atoms with van der Waals surface area (Å²) in [4.78, 5) is 18.7. The molecule has 0 saturated heterocycles. The van der Waals surface area contributed by atoms with Gasteiger partial charge in [-0.3, -0.25) is 9.47 Å². The summed E-state index contributed by atoms with van der Waals surface area (Å²) in [6.45, 7) is 3.63. The SMILES string of the molecule is CC(Cc1ccc(-n2ccc(N)nc2=O)cc1)N(CC1CC1)C1CC2(CC(N)C2)C1. The van der Waals surface area contributed by atoms with Gasteiger partial charge in [-0.15, -0.1) is 0 Å². The zero-order valence-corrected chi connectivity index (χ0v) is 17.8. The quantitative estimate of drug-likeness (QED) is 0.737. The number of nitrogens with zero attached hydrogens (tertiary/aromatic N) is 3. The van der Waals surface area contributed by atoms with Gasteiger partial charge in [0, 0.05) is 30.9 Å². The van der Waals surface area contributed by atoms with Gasteiger partial charge in [-0.2, -0.15) is 4.98 Å². The van der Waals surface area contributed by atoms with Gasteiger partial charge < -0.3 is 11.5 Å². The van der Waals surface area contributed by atoms with E-state index in [0.717, 1.165) is 24.1 Å². The Morgan fingerprint density at radius 3 is 2.47 bits per heavy atom. The van der Waals surface area contributed by atoms with Crippen molar-refractivity contribution in [3.8, 4) is 5.69 Å². The van der Waals surface area contributed by atoms with Gasteiger partial charge in [-0.25, -0.2) is 4.79 Å². The first-order valence-corrected chi connectivity index (χ1v) is 11.4. The van der Waals surface area contributed by atoms with Crippen molar-refractivity contribution in [1.29, 1.82) is 0 Å². The highest BCUT2D eigenvalue weighted by Crippen LogP contribution is 2.57. The van der Waals surface area contributed by atoms with Gasteiger partial charge in [0.25, 0.3) is 0 Å². The second kappa shape index (κ2) is 7.50. The molecule has 1 heterocycles. The second-order valence-electron chi connectivity index (χ2n) is 10.1. The molecule has 5 rings (SSSR count). The molecular weight excluding hydrogens is 374 g/mol. The maximum absolute atomic E-state index is 12.1. The molecule has 6 nitrogen and oxygen atoms in total.